The molecule has 1 fully saturated rings. The molecule has 2 rings (SSSR count). The van der Waals surface area contributed by atoms with Crippen molar-refractivity contribution in [1.82, 2.24) is 4.98 Å². The molecule has 0 spiro atoms. The Bertz CT molecular complexity index is 397. The topological polar surface area (TPSA) is 42.4 Å². The molecule has 0 radical (unpaired) electrons. The summed E-state index contributed by atoms with van der Waals surface area (Å²) in [7, 11) is 0. The average molecular weight is 239 g/mol. The summed E-state index contributed by atoms with van der Waals surface area (Å²) in [5, 5.41) is 10.6. The van der Waals surface area contributed by atoms with Crippen LogP contribution >= 0.6 is 0 Å². The van der Waals surface area contributed by atoms with Crippen LogP contribution in [0, 0.1) is 11.7 Å². The normalized spacial score (nSPS) is 29.6. The molecular weight excluding hydrogens is 221 g/mol. The maximum atomic E-state index is 13.1. The third-order valence-corrected chi connectivity index (χ3v) is 3.37. The Kier molecular flexibility index (Phi) is 3.45. The lowest BCUT2D eigenvalue weighted by Crippen LogP contribution is -2.40. The van der Waals surface area contributed by atoms with Crippen LogP contribution in [0.3, 0.4) is 0 Å². The van der Waals surface area contributed by atoms with Gasteiger partial charge in [-0.2, -0.15) is 0 Å². The lowest BCUT2D eigenvalue weighted by atomic mass is 9.82. The van der Waals surface area contributed by atoms with E-state index in [1.54, 1.807) is 0 Å². The van der Waals surface area contributed by atoms with Crippen LogP contribution in [-0.2, 0) is 10.3 Å². The zero-order valence-corrected chi connectivity index (χ0v) is 10.2. The van der Waals surface area contributed by atoms with Crippen molar-refractivity contribution < 1.29 is 14.2 Å². The number of ether oxygens (including phenoxy) is 1. The van der Waals surface area contributed by atoms with E-state index in [-0.39, 0.29) is 6.10 Å². The molecule has 17 heavy (non-hydrogen) atoms. The van der Waals surface area contributed by atoms with Gasteiger partial charge in [0.05, 0.1) is 24.5 Å². The van der Waals surface area contributed by atoms with Crippen LogP contribution in [-0.4, -0.2) is 22.8 Å². The van der Waals surface area contributed by atoms with Gasteiger partial charge in [0.15, 0.2) is 0 Å². The summed E-state index contributed by atoms with van der Waals surface area (Å²) in [6, 6.07) is 1.36. The van der Waals surface area contributed by atoms with Gasteiger partial charge in [0, 0.05) is 24.6 Å². The van der Waals surface area contributed by atoms with E-state index in [4.69, 9.17) is 4.74 Å². The van der Waals surface area contributed by atoms with Crippen molar-refractivity contribution in [3.63, 3.8) is 0 Å². The Morgan fingerprint density at radius 2 is 2.29 bits per heavy atom. The highest BCUT2D eigenvalue weighted by Gasteiger charge is 2.38. The zero-order chi connectivity index (χ0) is 12.5. The fraction of sp³-hybridized carbons (Fsp3) is 0.615. The number of aliphatic hydroxyl groups is 1. The summed E-state index contributed by atoms with van der Waals surface area (Å²) in [5.74, 6) is -0.0770. The number of halogens is 1. The van der Waals surface area contributed by atoms with Gasteiger partial charge in [-0.1, -0.05) is 13.8 Å². The first-order chi connectivity index (χ1) is 8.01. The van der Waals surface area contributed by atoms with Crippen LogP contribution in [0.5, 0.6) is 0 Å². The monoisotopic (exact) mass is 239 g/mol. The molecule has 2 heterocycles. The van der Waals surface area contributed by atoms with Gasteiger partial charge >= 0.3 is 0 Å². The van der Waals surface area contributed by atoms with Gasteiger partial charge in [0.2, 0.25) is 0 Å². The Morgan fingerprint density at radius 3 is 2.94 bits per heavy atom. The maximum Gasteiger partial charge on any atom is 0.141 e. The molecule has 0 bridgehead atoms. The van der Waals surface area contributed by atoms with Gasteiger partial charge in [-0.3, -0.25) is 4.98 Å². The molecule has 3 nitrogen and oxygen atoms in total. The molecule has 1 saturated heterocycles. The third-order valence-electron chi connectivity index (χ3n) is 3.37. The number of nitrogens with zero attached hydrogens (tertiary/aromatic N) is 1. The summed E-state index contributed by atoms with van der Waals surface area (Å²) in [4.78, 5) is 3.80. The summed E-state index contributed by atoms with van der Waals surface area (Å²) in [6.45, 7) is 4.61. The van der Waals surface area contributed by atoms with Crippen LogP contribution in [0.25, 0.3) is 0 Å². The second kappa shape index (κ2) is 4.70. The van der Waals surface area contributed by atoms with Crippen molar-refractivity contribution in [2.75, 3.05) is 6.61 Å². The fourth-order valence-corrected chi connectivity index (χ4v) is 2.23. The highest BCUT2D eigenvalue weighted by atomic mass is 19.1. The van der Waals surface area contributed by atoms with Crippen molar-refractivity contribution >= 4 is 0 Å². The molecule has 2 atom stereocenters. The van der Waals surface area contributed by atoms with Crippen LogP contribution in [0.4, 0.5) is 4.39 Å². The smallest absolute Gasteiger partial charge is 0.141 e. The van der Waals surface area contributed by atoms with E-state index in [0.29, 0.717) is 30.9 Å². The van der Waals surface area contributed by atoms with Crippen molar-refractivity contribution in [3.05, 3.63) is 29.8 Å². The molecule has 1 aliphatic rings. The first-order valence-electron chi connectivity index (χ1n) is 5.96. The van der Waals surface area contributed by atoms with Gasteiger partial charge in [0.25, 0.3) is 0 Å². The van der Waals surface area contributed by atoms with E-state index in [9.17, 15) is 9.50 Å². The highest BCUT2D eigenvalue weighted by molar-refractivity contribution is 5.20. The van der Waals surface area contributed by atoms with E-state index >= 15 is 0 Å². The molecule has 0 amide bonds. The van der Waals surface area contributed by atoms with E-state index in [0.717, 1.165) is 6.20 Å². The van der Waals surface area contributed by atoms with Crippen molar-refractivity contribution in [2.24, 2.45) is 5.92 Å². The molecule has 1 aromatic rings. The Morgan fingerprint density at radius 1 is 1.53 bits per heavy atom. The number of aromatic nitrogens is 1. The standard InChI is InChI=1S/C13H18FNO2/c1-9(2)12-6-13(16,3-4-17-12)10-5-11(14)8-15-7-10/h5,7-9,12,16H,3-4,6H2,1-2H3. The summed E-state index contributed by atoms with van der Waals surface area (Å²) in [5.41, 5.74) is -0.464. The van der Waals surface area contributed by atoms with E-state index in [1.165, 1.54) is 12.3 Å². The van der Waals surface area contributed by atoms with Crippen molar-refractivity contribution in [1.29, 1.82) is 0 Å². The van der Waals surface area contributed by atoms with Gasteiger partial charge in [-0.25, -0.2) is 4.39 Å². The summed E-state index contributed by atoms with van der Waals surface area (Å²) < 4.78 is 18.8. The average Bonchev–Trinajstić information content (AvgIpc) is 2.29. The molecule has 1 aromatic heterocycles. The summed E-state index contributed by atoms with van der Waals surface area (Å²) >= 11 is 0. The molecule has 4 heteroatoms. The van der Waals surface area contributed by atoms with Crippen LogP contribution in [0.2, 0.25) is 0 Å². The first-order valence-corrected chi connectivity index (χ1v) is 5.96. The van der Waals surface area contributed by atoms with E-state index < -0.39 is 11.4 Å². The molecule has 94 valence electrons. The Hall–Kier alpha value is -1.00. The third kappa shape index (κ3) is 2.64. The van der Waals surface area contributed by atoms with E-state index in [1.807, 2.05) is 0 Å². The molecule has 0 saturated carbocycles. The maximum absolute atomic E-state index is 13.1. The second-order valence-corrected chi connectivity index (χ2v) is 5.03. The number of pyridine rings is 1. The Balaban J connectivity index is 2.23. The highest BCUT2D eigenvalue weighted by Crippen LogP contribution is 2.36. The minimum absolute atomic E-state index is 0.0111. The number of hydrogen-bond donors (Lipinski definition) is 1. The van der Waals surface area contributed by atoms with Crippen molar-refractivity contribution in [2.45, 2.75) is 38.4 Å². The molecule has 0 aromatic carbocycles. The minimum atomic E-state index is -1.01. The predicted molar refractivity (Wildman–Crippen MR) is 61.9 cm³/mol. The second-order valence-electron chi connectivity index (χ2n) is 5.03. The first kappa shape index (κ1) is 12.5. The van der Waals surface area contributed by atoms with Gasteiger partial charge in [0.1, 0.15) is 5.82 Å². The SMILES string of the molecule is CC(C)C1CC(O)(c2cncc(F)c2)CCO1. The number of hydrogen-bond acceptors (Lipinski definition) is 3. The van der Waals surface area contributed by atoms with Gasteiger partial charge < -0.3 is 9.84 Å². The summed E-state index contributed by atoms with van der Waals surface area (Å²) in [6.07, 6.45) is 3.67. The molecule has 2 unspecified atom stereocenters. The predicted octanol–water partition coefficient (Wildman–Crippen LogP) is 2.24. The van der Waals surface area contributed by atoms with Crippen LogP contribution in [0.15, 0.2) is 18.5 Å². The van der Waals surface area contributed by atoms with Gasteiger partial charge in [-0.05, 0) is 12.0 Å². The quantitative estimate of drug-likeness (QED) is 0.860. The lowest BCUT2D eigenvalue weighted by molar-refractivity contribution is -0.121. The molecular formula is C13H18FNO2. The minimum Gasteiger partial charge on any atom is -0.385 e. The zero-order valence-electron chi connectivity index (χ0n) is 10.2. The number of rotatable bonds is 2. The fourth-order valence-electron chi connectivity index (χ4n) is 2.23. The van der Waals surface area contributed by atoms with Crippen LogP contribution < -0.4 is 0 Å². The molecule has 1 aliphatic heterocycles. The Labute approximate surface area is 101 Å². The van der Waals surface area contributed by atoms with Gasteiger partial charge in [-0.15, -0.1) is 0 Å². The lowest BCUT2D eigenvalue weighted by Gasteiger charge is -2.38. The van der Waals surface area contributed by atoms with Crippen molar-refractivity contribution in [3.8, 4) is 0 Å². The van der Waals surface area contributed by atoms with E-state index in [2.05, 4.69) is 18.8 Å². The van der Waals surface area contributed by atoms with Crippen LogP contribution in [0.1, 0.15) is 32.3 Å². The molecule has 1 N–H and O–H groups in total. The largest absolute Gasteiger partial charge is 0.385 e. The molecule has 0 aliphatic carbocycles.